The van der Waals surface area contributed by atoms with Gasteiger partial charge in [-0.3, -0.25) is 4.79 Å². The van der Waals surface area contributed by atoms with E-state index in [4.69, 9.17) is 4.74 Å². The summed E-state index contributed by atoms with van der Waals surface area (Å²) in [5.74, 6) is 0.0256. The van der Waals surface area contributed by atoms with Gasteiger partial charge in [-0.05, 0) is 67.6 Å². The zero-order chi connectivity index (χ0) is 24.5. The quantitative estimate of drug-likeness (QED) is 0.481. The maximum absolute atomic E-state index is 12.9. The van der Waals surface area contributed by atoms with Crippen molar-refractivity contribution in [1.29, 1.82) is 0 Å². The van der Waals surface area contributed by atoms with E-state index in [1.54, 1.807) is 7.05 Å². The van der Waals surface area contributed by atoms with E-state index in [-0.39, 0.29) is 11.0 Å². The number of hydrogen-bond donors (Lipinski definition) is 0. The average molecular weight is 502 g/mol. The number of sulfonamides is 1. The molecule has 1 unspecified atom stereocenters. The second-order valence-corrected chi connectivity index (χ2v) is 11.9. The van der Waals surface area contributed by atoms with Crippen LogP contribution in [0.4, 0.5) is 0 Å². The number of rotatable bonds is 7. The fraction of sp³-hybridized carbons (Fsp3) is 0.440. The highest BCUT2D eigenvalue weighted by atomic mass is 32.2. The van der Waals surface area contributed by atoms with E-state index in [1.807, 2.05) is 11.5 Å². The van der Waals surface area contributed by atoms with Gasteiger partial charge in [-0.1, -0.05) is 31.3 Å². The van der Waals surface area contributed by atoms with Gasteiger partial charge < -0.3 is 9.30 Å². The van der Waals surface area contributed by atoms with Gasteiger partial charge >= 0.3 is 0 Å². The number of likely N-dealkylation sites (N-methyl/N-ethyl adjacent to an activating group) is 1. The van der Waals surface area contributed by atoms with E-state index in [2.05, 4.69) is 37.0 Å². The van der Waals surface area contributed by atoms with Crippen LogP contribution in [0.3, 0.4) is 0 Å². The molecule has 9 heteroatoms. The average Bonchev–Trinajstić information content (AvgIpc) is 3.45. The van der Waals surface area contributed by atoms with Crippen molar-refractivity contribution >= 4 is 37.5 Å². The highest BCUT2D eigenvalue weighted by Crippen LogP contribution is 2.24. The molecule has 1 fully saturated rings. The molecule has 0 aliphatic carbocycles. The lowest BCUT2D eigenvalue weighted by atomic mass is 10.0. The predicted molar refractivity (Wildman–Crippen MR) is 135 cm³/mol. The maximum atomic E-state index is 12.9. The minimum absolute atomic E-state index is 0.0670. The first kappa shape index (κ1) is 24.8. The molecule has 0 bridgehead atoms. The SMILES string of the molecule is CCn1c(=NC(=O)c2ccc(S(=O)(=O)N(C)CC3CCCO3)cc2)sc2cc(C(C)C)ccc21. The predicted octanol–water partition coefficient (Wildman–Crippen LogP) is 4.39. The summed E-state index contributed by atoms with van der Waals surface area (Å²) in [6.45, 7) is 8.03. The van der Waals surface area contributed by atoms with Crippen LogP contribution in [0.25, 0.3) is 10.2 Å². The molecule has 1 saturated heterocycles. The van der Waals surface area contributed by atoms with Crippen molar-refractivity contribution in [2.24, 2.45) is 4.99 Å². The number of hydrogen-bond acceptors (Lipinski definition) is 5. The van der Waals surface area contributed by atoms with Crippen molar-refractivity contribution < 1.29 is 17.9 Å². The monoisotopic (exact) mass is 501 g/mol. The molecule has 0 radical (unpaired) electrons. The van der Waals surface area contributed by atoms with Crippen molar-refractivity contribution in [2.75, 3.05) is 20.2 Å². The molecular weight excluding hydrogens is 470 g/mol. The van der Waals surface area contributed by atoms with E-state index in [9.17, 15) is 13.2 Å². The van der Waals surface area contributed by atoms with Crippen molar-refractivity contribution in [3.8, 4) is 0 Å². The minimum Gasteiger partial charge on any atom is -0.377 e. The van der Waals surface area contributed by atoms with E-state index in [0.717, 1.165) is 23.1 Å². The lowest BCUT2D eigenvalue weighted by molar-refractivity contribution is 0.0979. The molecule has 1 aromatic heterocycles. The van der Waals surface area contributed by atoms with Crippen LogP contribution < -0.4 is 4.80 Å². The standard InChI is InChI=1S/C25H31N3O4S2/c1-5-28-22-13-10-19(17(2)3)15-23(22)33-25(28)26-24(29)18-8-11-21(12-9-18)34(30,31)27(4)16-20-7-6-14-32-20/h8-13,15,17,20H,5-7,14,16H2,1-4H3. The Balaban J connectivity index is 1.58. The number of nitrogens with zero attached hydrogens (tertiary/aromatic N) is 3. The van der Waals surface area contributed by atoms with E-state index < -0.39 is 15.9 Å². The van der Waals surface area contributed by atoms with Crippen molar-refractivity contribution in [1.82, 2.24) is 8.87 Å². The first-order valence-electron chi connectivity index (χ1n) is 11.6. The van der Waals surface area contributed by atoms with Crippen LogP contribution in [-0.2, 0) is 21.3 Å². The fourth-order valence-corrected chi connectivity index (χ4v) is 6.46. The van der Waals surface area contributed by atoms with Crippen LogP contribution in [0.5, 0.6) is 0 Å². The summed E-state index contributed by atoms with van der Waals surface area (Å²) in [7, 11) is -2.10. The smallest absolute Gasteiger partial charge is 0.279 e. The zero-order valence-corrected chi connectivity index (χ0v) is 21.7. The number of ether oxygens (including phenoxy) is 1. The van der Waals surface area contributed by atoms with Crippen LogP contribution in [0.15, 0.2) is 52.4 Å². The van der Waals surface area contributed by atoms with Crippen molar-refractivity contribution in [3.63, 3.8) is 0 Å². The van der Waals surface area contributed by atoms with E-state index in [0.29, 0.717) is 36.0 Å². The lowest BCUT2D eigenvalue weighted by Crippen LogP contribution is -2.34. The summed E-state index contributed by atoms with van der Waals surface area (Å²) in [5.41, 5.74) is 2.65. The second-order valence-electron chi connectivity index (χ2n) is 8.87. The van der Waals surface area contributed by atoms with Crippen molar-refractivity contribution in [2.45, 2.75) is 57.1 Å². The Morgan fingerprint density at radius 2 is 1.97 bits per heavy atom. The molecule has 0 saturated carbocycles. The number of fused-ring (bicyclic) bond motifs is 1. The first-order valence-corrected chi connectivity index (χ1v) is 13.9. The molecule has 3 aromatic rings. The number of benzene rings is 2. The van der Waals surface area contributed by atoms with Gasteiger partial charge in [-0.25, -0.2) is 8.42 Å². The third-order valence-corrected chi connectivity index (χ3v) is 9.06. The minimum atomic E-state index is -3.66. The molecule has 1 amide bonds. The number of carbonyl (C=O) groups is 1. The van der Waals surface area contributed by atoms with E-state index >= 15 is 0 Å². The summed E-state index contributed by atoms with van der Waals surface area (Å²) in [6, 6.07) is 12.4. The summed E-state index contributed by atoms with van der Waals surface area (Å²) in [5, 5.41) is 0. The van der Waals surface area contributed by atoms with Gasteiger partial charge in [0.1, 0.15) is 0 Å². The Bertz CT molecular complexity index is 1350. The third-order valence-electron chi connectivity index (χ3n) is 6.18. The molecule has 34 heavy (non-hydrogen) atoms. The highest BCUT2D eigenvalue weighted by molar-refractivity contribution is 7.89. The van der Waals surface area contributed by atoms with Crippen LogP contribution >= 0.6 is 11.3 Å². The molecule has 1 atom stereocenters. The van der Waals surface area contributed by atoms with Gasteiger partial charge in [-0.2, -0.15) is 9.30 Å². The van der Waals surface area contributed by atoms with Crippen LogP contribution in [0.2, 0.25) is 0 Å². The van der Waals surface area contributed by atoms with Gasteiger partial charge in [0.15, 0.2) is 4.80 Å². The van der Waals surface area contributed by atoms with Gasteiger partial charge in [0.05, 0.1) is 21.2 Å². The van der Waals surface area contributed by atoms with Crippen molar-refractivity contribution in [3.05, 3.63) is 58.4 Å². The molecule has 1 aliphatic heterocycles. The number of aryl methyl sites for hydroxylation is 1. The number of amides is 1. The zero-order valence-electron chi connectivity index (χ0n) is 20.0. The van der Waals surface area contributed by atoms with Crippen LogP contribution in [0, 0.1) is 0 Å². The van der Waals surface area contributed by atoms with Gasteiger partial charge in [0.2, 0.25) is 10.0 Å². The number of carbonyl (C=O) groups excluding carboxylic acids is 1. The molecule has 4 rings (SSSR count). The summed E-state index contributed by atoms with van der Waals surface area (Å²) < 4.78 is 35.8. The molecule has 1 aliphatic rings. The molecular formula is C25H31N3O4S2. The van der Waals surface area contributed by atoms with Crippen LogP contribution in [0.1, 0.15) is 55.5 Å². The maximum Gasteiger partial charge on any atom is 0.279 e. The first-order chi connectivity index (χ1) is 16.2. The molecule has 2 aromatic carbocycles. The summed E-state index contributed by atoms with van der Waals surface area (Å²) in [6.07, 6.45) is 1.75. The van der Waals surface area contributed by atoms with Gasteiger partial charge in [-0.15, -0.1) is 0 Å². The molecule has 2 heterocycles. The second kappa shape index (κ2) is 10.1. The normalized spacial score (nSPS) is 17.4. The topological polar surface area (TPSA) is 81.0 Å². The lowest BCUT2D eigenvalue weighted by Gasteiger charge is -2.20. The Morgan fingerprint density at radius 1 is 1.24 bits per heavy atom. The third kappa shape index (κ3) is 5.02. The highest BCUT2D eigenvalue weighted by Gasteiger charge is 2.26. The van der Waals surface area contributed by atoms with Crippen LogP contribution in [-0.4, -0.2) is 49.5 Å². The van der Waals surface area contributed by atoms with Gasteiger partial charge in [0.25, 0.3) is 5.91 Å². The summed E-state index contributed by atoms with van der Waals surface area (Å²) >= 11 is 1.49. The molecule has 182 valence electrons. The summed E-state index contributed by atoms with van der Waals surface area (Å²) in [4.78, 5) is 18.1. The van der Waals surface area contributed by atoms with E-state index in [1.165, 1.54) is 45.5 Å². The number of thiazole rings is 1. The Morgan fingerprint density at radius 3 is 2.59 bits per heavy atom. The molecule has 0 spiro atoms. The Labute approximate surface area is 204 Å². The molecule has 7 nitrogen and oxygen atoms in total. The fourth-order valence-electron chi connectivity index (χ4n) is 4.11. The molecule has 0 N–H and O–H groups in total. The number of aromatic nitrogens is 1. The van der Waals surface area contributed by atoms with Gasteiger partial charge in [0, 0.05) is 32.3 Å². The Hall–Kier alpha value is -2.33. The Kier molecular flexibility index (Phi) is 7.37. The largest absolute Gasteiger partial charge is 0.377 e.